The van der Waals surface area contributed by atoms with E-state index < -0.39 is 11.7 Å². The first kappa shape index (κ1) is 19.2. The van der Waals surface area contributed by atoms with E-state index in [-0.39, 0.29) is 18.9 Å². The van der Waals surface area contributed by atoms with Gasteiger partial charge in [-0.2, -0.15) is 0 Å². The average molecular weight is 349 g/mol. The lowest BCUT2D eigenvalue weighted by Crippen LogP contribution is -2.47. The average Bonchev–Trinajstić information content (AvgIpc) is 2.33. The standard InChI is InChI=1S/C15H22Cl2N2O3/c1-15(22,9-19(2)3)8-18-14(21)7-13(20)10-4-11(16)6-12(17)5-10/h4-6,13,20,22H,7-9H2,1-3H3,(H,18,21). The number of aliphatic hydroxyl groups is 2. The summed E-state index contributed by atoms with van der Waals surface area (Å²) in [4.78, 5) is 13.7. The summed E-state index contributed by atoms with van der Waals surface area (Å²) >= 11 is 11.7. The van der Waals surface area contributed by atoms with Gasteiger partial charge < -0.3 is 20.4 Å². The van der Waals surface area contributed by atoms with Crippen LogP contribution >= 0.6 is 23.2 Å². The van der Waals surface area contributed by atoms with Gasteiger partial charge in [0.2, 0.25) is 5.91 Å². The van der Waals surface area contributed by atoms with E-state index in [1.54, 1.807) is 25.1 Å². The first-order valence-electron chi connectivity index (χ1n) is 6.87. The molecule has 0 aromatic heterocycles. The Morgan fingerprint density at radius 3 is 2.36 bits per heavy atom. The Bertz CT molecular complexity index is 501. The molecule has 1 aromatic rings. The summed E-state index contributed by atoms with van der Waals surface area (Å²) in [6.07, 6.45) is -1.13. The second kappa shape index (κ2) is 8.13. The molecule has 0 saturated carbocycles. The Labute approximate surface area is 140 Å². The van der Waals surface area contributed by atoms with E-state index in [0.29, 0.717) is 22.2 Å². The molecular formula is C15H22Cl2N2O3. The summed E-state index contributed by atoms with van der Waals surface area (Å²) < 4.78 is 0. The molecule has 1 rings (SSSR count). The monoisotopic (exact) mass is 348 g/mol. The number of likely N-dealkylation sites (N-methyl/N-ethyl adjacent to an activating group) is 1. The lowest BCUT2D eigenvalue weighted by atomic mass is 10.0. The molecule has 0 bridgehead atoms. The summed E-state index contributed by atoms with van der Waals surface area (Å²) in [7, 11) is 3.67. The number of hydrogen-bond donors (Lipinski definition) is 3. The largest absolute Gasteiger partial charge is 0.388 e. The van der Waals surface area contributed by atoms with Crippen LogP contribution in [0.1, 0.15) is 25.0 Å². The Balaban J connectivity index is 2.54. The Morgan fingerprint density at radius 1 is 1.32 bits per heavy atom. The fraction of sp³-hybridized carbons (Fsp3) is 0.533. The zero-order valence-electron chi connectivity index (χ0n) is 12.9. The molecule has 1 amide bonds. The number of halogens is 2. The van der Waals surface area contributed by atoms with Gasteiger partial charge in [-0.1, -0.05) is 23.2 Å². The molecular weight excluding hydrogens is 327 g/mol. The van der Waals surface area contributed by atoms with E-state index in [4.69, 9.17) is 23.2 Å². The van der Waals surface area contributed by atoms with Gasteiger partial charge in [0, 0.05) is 23.1 Å². The van der Waals surface area contributed by atoms with Crippen molar-refractivity contribution >= 4 is 29.1 Å². The number of rotatable bonds is 7. The van der Waals surface area contributed by atoms with Crippen molar-refractivity contribution in [1.82, 2.24) is 10.2 Å². The van der Waals surface area contributed by atoms with Crippen LogP contribution in [-0.2, 0) is 4.79 Å². The van der Waals surface area contributed by atoms with Crippen LogP contribution in [0.25, 0.3) is 0 Å². The fourth-order valence-corrected chi connectivity index (χ4v) is 2.70. The van der Waals surface area contributed by atoms with Crippen molar-refractivity contribution < 1.29 is 15.0 Å². The minimum Gasteiger partial charge on any atom is -0.388 e. The van der Waals surface area contributed by atoms with E-state index in [0.717, 1.165) is 0 Å². The van der Waals surface area contributed by atoms with Gasteiger partial charge in [0.05, 0.1) is 18.1 Å². The summed E-state index contributed by atoms with van der Waals surface area (Å²) in [5.74, 6) is -0.359. The predicted molar refractivity (Wildman–Crippen MR) is 88.2 cm³/mol. The summed E-state index contributed by atoms with van der Waals surface area (Å²) in [6, 6.07) is 4.68. The SMILES string of the molecule is CN(C)CC(C)(O)CNC(=O)CC(O)c1cc(Cl)cc(Cl)c1. The molecule has 22 heavy (non-hydrogen) atoms. The summed E-state index contributed by atoms with van der Waals surface area (Å²) in [5.41, 5.74) is -0.559. The first-order chi connectivity index (χ1) is 10.1. The lowest BCUT2D eigenvalue weighted by molar-refractivity contribution is -0.124. The van der Waals surface area contributed by atoms with Crippen LogP contribution in [0.15, 0.2) is 18.2 Å². The van der Waals surface area contributed by atoms with Crippen LogP contribution in [0.4, 0.5) is 0 Å². The molecule has 5 nitrogen and oxygen atoms in total. The Kier molecular flexibility index (Phi) is 7.09. The van der Waals surface area contributed by atoms with Gasteiger partial charge in [0.15, 0.2) is 0 Å². The van der Waals surface area contributed by atoms with Crippen LogP contribution < -0.4 is 5.32 Å². The van der Waals surface area contributed by atoms with Crippen LogP contribution in [0.3, 0.4) is 0 Å². The maximum atomic E-state index is 11.9. The third-order valence-corrected chi connectivity index (χ3v) is 3.41. The Morgan fingerprint density at radius 2 is 1.86 bits per heavy atom. The highest BCUT2D eigenvalue weighted by Crippen LogP contribution is 2.25. The van der Waals surface area contributed by atoms with Crippen molar-refractivity contribution in [1.29, 1.82) is 0 Å². The fourth-order valence-electron chi connectivity index (χ4n) is 2.16. The maximum Gasteiger partial charge on any atom is 0.223 e. The zero-order chi connectivity index (χ0) is 16.9. The molecule has 0 saturated heterocycles. The first-order valence-corrected chi connectivity index (χ1v) is 7.62. The van der Waals surface area contributed by atoms with E-state index in [1.165, 1.54) is 0 Å². The van der Waals surface area contributed by atoms with Gasteiger partial charge in [-0.3, -0.25) is 4.79 Å². The molecule has 0 aliphatic rings. The molecule has 124 valence electrons. The molecule has 2 atom stereocenters. The van der Waals surface area contributed by atoms with Crippen LogP contribution in [0.2, 0.25) is 10.0 Å². The van der Waals surface area contributed by atoms with E-state index in [1.807, 2.05) is 19.0 Å². The summed E-state index contributed by atoms with van der Waals surface area (Å²) in [6.45, 7) is 2.16. The van der Waals surface area contributed by atoms with Gasteiger partial charge in [0.1, 0.15) is 0 Å². The molecule has 3 N–H and O–H groups in total. The van der Waals surface area contributed by atoms with Crippen molar-refractivity contribution in [3.63, 3.8) is 0 Å². The molecule has 2 unspecified atom stereocenters. The molecule has 0 aliphatic heterocycles. The highest BCUT2D eigenvalue weighted by molar-refractivity contribution is 6.34. The number of carbonyl (C=O) groups is 1. The topological polar surface area (TPSA) is 72.8 Å². The third-order valence-electron chi connectivity index (χ3n) is 2.97. The van der Waals surface area contributed by atoms with Gasteiger partial charge in [-0.15, -0.1) is 0 Å². The maximum absolute atomic E-state index is 11.9. The summed E-state index contributed by atoms with van der Waals surface area (Å²) in [5, 5.41) is 23.6. The molecule has 0 fully saturated rings. The number of amides is 1. The zero-order valence-corrected chi connectivity index (χ0v) is 14.4. The molecule has 1 aromatic carbocycles. The van der Waals surface area contributed by atoms with Crippen molar-refractivity contribution in [3.8, 4) is 0 Å². The predicted octanol–water partition coefficient (Wildman–Crippen LogP) is 1.85. The highest BCUT2D eigenvalue weighted by Gasteiger charge is 2.23. The van der Waals surface area contributed by atoms with E-state index in [9.17, 15) is 15.0 Å². The second-order valence-electron chi connectivity index (χ2n) is 5.93. The van der Waals surface area contributed by atoms with Gasteiger partial charge in [0.25, 0.3) is 0 Å². The van der Waals surface area contributed by atoms with Crippen molar-refractivity contribution in [2.45, 2.75) is 25.0 Å². The van der Waals surface area contributed by atoms with E-state index >= 15 is 0 Å². The second-order valence-corrected chi connectivity index (χ2v) is 6.81. The molecule has 0 spiro atoms. The van der Waals surface area contributed by atoms with Crippen molar-refractivity contribution in [2.24, 2.45) is 0 Å². The number of nitrogens with zero attached hydrogens (tertiary/aromatic N) is 1. The van der Waals surface area contributed by atoms with Gasteiger partial charge in [-0.05, 0) is 44.8 Å². The molecule has 7 heteroatoms. The highest BCUT2D eigenvalue weighted by atomic mass is 35.5. The van der Waals surface area contributed by atoms with Crippen molar-refractivity contribution in [2.75, 3.05) is 27.2 Å². The van der Waals surface area contributed by atoms with Crippen LogP contribution in [0, 0.1) is 0 Å². The number of carbonyl (C=O) groups excluding carboxylic acids is 1. The number of hydrogen-bond acceptors (Lipinski definition) is 4. The normalized spacial score (nSPS) is 15.5. The number of benzene rings is 1. The quantitative estimate of drug-likeness (QED) is 0.703. The third kappa shape index (κ3) is 6.94. The van der Waals surface area contributed by atoms with Crippen LogP contribution in [0.5, 0.6) is 0 Å². The smallest absolute Gasteiger partial charge is 0.223 e. The van der Waals surface area contributed by atoms with Gasteiger partial charge >= 0.3 is 0 Å². The van der Waals surface area contributed by atoms with E-state index in [2.05, 4.69) is 5.32 Å². The van der Waals surface area contributed by atoms with Crippen molar-refractivity contribution in [3.05, 3.63) is 33.8 Å². The minimum absolute atomic E-state index is 0.104. The number of aliphatic hydroxyl groups excluding tert-OH is 1. The molecule has 0 radical (unpaired) electrons. The lowest BCUT2D eigenvalue weighted by Gasteiger charge is -2.27. The minimum atomic E-state index is -1.04. The van der Waals surface area contributed by atoms with Gasteiger partial charge in [-0.25, -0.2) is 0 Å². The molecule has 0 heterocycles. The molecule has 0 aliphatic carbocycles. The number of nitrogens with one attached hydrogen (secondary N) is 1. The van der Waals surface area contributed by atoms with Crippen LogP contribution in [-0.4, -0.2) is 53.8 Å². The Hall–Kier alpha value is -0.850.